The van der Waals surface area contributed by atoms with Gasteiger partial charge < -0.3 is 19.4 Å². The number of furan rings is 1. The highest BCUT2D eigenvalue weighted by atomic mass is 16.5. The summed E-state index contributed by atoms with van der Waals surface area (Å²) in [6.07, 6.45) is 0.885. The van der Waals surface area contributed by atoms with Crippen LogP contribution in [0.15, 0.2) is 52.9 Å². The first-order valence-electron chi connectivity index (χ1n) is 9.95. The Labute approximate surface area is 165 Å². The lowest BCUT2D eigenvalue weighted by molar-refractivity contribution is 0.0303. The van der Waals surface area contributed by atoms with Crippen molar-refractivity contribution in [3.8, 4) is 11.1 Å². The molecule has 0 saturated carbocycles. The molecular weight excluding hydrogens is 352 g/mol. The fraction of sp³-hybridized carbons (Fsp3) is 0.348. The van der Waals surface area contributed by atoms with Crippen LogP contribution in [0, 0.1) is 0 Å². The second kappa shape index (κ2) is 8.59. The molecule has 1 N–H and O–H groups in total. The minimum atomic E-state index is 0.0745. The molecule has 1 amide bonds. The highest BCUT2D eigenvalue weighted by Crippen LogP contribution is 2.27. The van der Waals surface area contributed by atoms with Gasteiger partial charge in [-0.3, -0.25) is 4.79 Å². The molecule has 2 heterocycles. The van der Waals surface area contributed by atoms with E-state index in [-0.39, 0.29) is 5.91 Å². The quantitative estimate of drug-likeness (QED) is 0.664. The molecule has 1 aromatic heterocycles. The number of carbonyl (C=O) groups excluding carboxylic acids is 1. The third-order valence-electron chi connectivity index (χ3n) is 5.13. The van der Waals surface area contributed by atoms with Gasteiger partial charge in [-0.25, -0.2) is 0 Å². The van der Waals surface area contributed by atoms with Crippen molar-refractivity contribution in [2.45, 2.75) is 13.3 Å². The first kappa shape index (κ1) is 18.7. The van der Waals surface area contributed by atoms with E-state index in [2.05, 4.69) is 30.4 Å². The van der Waals surface area contributed by atoms with E-state index in [1.165, 1.54) is 0 Å². The molecule has 0 atom stereocenters. The second-order valence-electron chi connectivity index (χ2n) is 7.05. The summed E-state index contributed by atoms with van der Waals surface area (Å²) in [7, 11) is 0. The van der Waals surface area contributed by atoms with Gasteiger partial charge in [-0.2, -0.15) is 0 Å². The van der Waals surface area contributed by atoms with Crippen LogP contribution < -0.4 is 5.32 Å². The van der Waals surface area contributed by atoms with Crippen LogP contribution in [0.2, 0.25) is 0 Å². The lowest BCUT2D eigenvalue weighted by atomic mass is 10.0. The van der Waals surface area contributed by atoms with E-state index in [0.717, 1.165) is 52.9 Å². The van der Waals surface area contributed by atoms with Crippen LogP contribution in [0.4, 0.5) is 0 Å². The lowest BCUT2D eigenvalue weighted by Crippen LogP contribution is -2.40. The van der Waals surface area contributed by atoms with Gasteiger partial charge in [0.25, 0.3) is 5.91 Å². The molecule has 1 saturated heterocycles. The molecule has 0 radical (unpaired) electrons. The maximum Gasteiger partial charge on any atom is 0.254 e. The Hall–Kier alpha value is -2.63. The van der Waals surface area contributed by atoms with Gasteiger partial charge in [-0.1, -0.05) is 25.1 Å². The number of benzene rings is 2. The van der Waals surface area contributed by atoms with Crippen molar-refractivity contribution in [2.75, 3.05) is 39.4 Å². The van der Waals surface area contributed by atoms with Gasteiger partial charge >= 0.3 is 0 Å². The summed E-state index contributed by atoms with van der Waals surface area (Å²) in [6.45, 7) is 6.54. The van der Waals surface area contributed by atoms with Crippen LogP contribution in [-0.4, -0.2) is 50.2 Å². The number of nitrogens with one attached hydrogen (secondary N) is 1. The van der Waals surface area contributed by atoms with Crippen LogP contribution >= 0.6 is 0 Å². The monoisotopic (exact) mass is 378 g/mol. The van der Waals surface area contributed by atoms with E-state index in [1.807, 2.05) is 35.2 Å². The Morgan fingerprint density at radius 2 is 1.79 bits per heavy atom. The first-order chi connectivity index (χ1) is 13.7. The van der Waals surface area contributed by atoms with Crippen molar-refractivity contribution in [3.63, 3.8) is 0 Å². The predicted molar refractivity (Wildman–Crippen MR) is 111 cm³/mol. The third kappa shape index (κ3) is 4.11. The smallest absolute Gasteiger partial charge is 0.254 e. The number of hydrogen-bond donors (Lipinski definition) is 1. The number of likely N-dealkylation sites (N-methyl/N-ethyl adjacent to an activating group) is 1. The van der Waals surface area contributed by atoms with Crippen molar-refractivity contribution in [1.29, 1.82) is 0 Å². The summed E-state index contributed by atoms with van der Waals surface area (Å²) >= 11 is 0. The standard InChI is InChI=1S/C23H26N2O3/c1-2-24-10-9-21-16-20-15-19(7-8-22(20)28-21)17-3-5-18(6-4-17)23(26)25-11-13-27-14-12-25/h3-8,15-16,24H,2,9-14H2,1H3. The van der Waals surface area contributed by atoms with Gasteiger partial charge in [-0.05, 0) is 48.0 Å². The Morgan fingerprint density at radius 1 is 1.04 bits per heavy atom. The summed E-state index contributed by atoms with van der Waals surface area (Å²) in [6, 6.07) is 16.2. The molecule has 0 aliphatic carbocycles. The lowest BCUT2D eigenvalue weighted by Gasteiger charge is -2.26. The van der Waals surface area contributed by atoms with Crippen LogP contribution in [-0.2, 0) is 11.2 Å². The minimum absolute atomic E-state index is 0.0745. The van der Waals surface area contributed by atoms with Crippen LogP contribution in [0.3, 0.4) is 0 Å². The number of fused-ring (bicyclic) bond motifs is 1. The average molecular weight is 378 g/mol. The highest BCUT2D eigenvalue weighted by molar-refractivity contribution is 5.95. The number of hydrogen-bond acceptors (Lipinski definition) is 4. The summed E-state index contributed by atoms with van der Waals surface area (Å²) in [5, 5.41) is 4.43. The van der Waals surface area contributed by atoms with E-state index in [9.17, 15) is 4.79 Å². The van der Waals surface area contributed by atoms with Gasteiger partial charge in [0.2, 0.25) is 0 Å². The third-order valence-corrected chi connectivity index (χ3v) is 5.13. The molecule has 1 fully saturated rings. The van der Waals surface area contributed by atoms with Crippen molar-refractivity contribution in [2.24, 2.45) is 0 Å². The summed E-state index contributed by atoms with van der Waals surface area (Å²) in [5.74, 6) is 1.07. The summed E-state index contributed by atoms with van der Waals surface area (Å²) < 4.78 is 11.2. The number of rotatable bonds is 6. The molecule has 0 unspecified atom stereocenters. The maximum atomic E-state index is 12.6. The first-order valence-corrected chi connectivity index (χ1v) is 9.95. The van der Waals surface area contributed by atoms with Crippen molar-refractivity contribution in [3.05, 3.63) is 59.9 Å². The fourth-order valence-corrected chi connectivity index (χ4v) is 3.54. The molecule has 0 bridgehead atoms. The Bertz CT molecular complexity index is 940. The van der Waals surface area contributed by atoms with E-state index >= 15 is 0 Å². The average Bonchev–Trinajstić information content (AvgIpc) is 3.16. The van der Waals surface area contributed by atoms with Crippen molar-refractivity contribution < 1.29 is 13.9 Å². The SMILES string of the molecule is CCNCCc1cc2cc(-c3ccc(C(=O)N4CCOCC4)cc3)ccc2o1. The summed E-state index contributed by atoms with van der Waals surface area (Å²) in [5.41, 5.74) is 3.85. The maximum absolute atomic E-state index is 12.6. The van der Waals surface area contributed by atoms with Gasteiger partial charge in [0.15, 0.2) is 0 Å². The zero-order valence-corrected chi connectivity index (χ0v) is 16.2. The van der Waals surface area contributed by atoms with Crippen molar-refractivity contribution >= 4 is 16.9 Å². The topological polar surface area (TPSA) is 54.7 Å². The molecule has 2 aromatic carbocycles. The van der Waals surface area contributed by atoms with Crippen LogP contribution in [0.1, 0.15) is 23.0 Å². The van der Waals surface area contributed by atoms with Gasteiger partial charge in [0, 0.05) is 37.0 Å². The molecule has 5 heteroatoms. The van der Waals surface area contributed by atoms with E-state index < -0.39 is 0 Å². The molecule has 5 nitrogen and oxygen atoms in total. The molecule has 3 aromatic rings. The number of amides is 1. The van der Waals surface area contributed by atoms with Crippen LogP contribution in [0.25, 0.3) is 22.1 Å². The highest BCUT2D eigenvalue weighted by Gasteiger charge is 2.18. The number of morpholine rings is 1. The zero-order chi connectivity index (χ0) is 19.3. The Balaban J connectivity index is 1.50. The van der Waals surface area contributed by atoms with Gasteiger partial charge in [-0.15, -0.1) is 0 Å². The minimum Gasteiger partial charge on any atom is -0.461 e. The Morgan fingerprint density at radius 3 is 2.54 bits per heavy atom. The zero-order valence-electron chi connectivity index (χ0n) is 16.2. The van der Waals surface area contributed by atoms with Crippen LogP contribution in [0.5, 0.6) is 0 Å². The molecule has 4 rings (SSSR count). The van der Waals surface area contributed by atoms with Gasteiger partial charge in [0.1, 0.15) is 11.3 Å². The number of ether oxygens (including phenoxy) is 1. The molecule has 146 valence electrons. The molecular formula is C23H26N2O3. The van der Waals surface area contributed by atoms with E-state index in [4.69, 9.17) is 9.15 Å². The fourth-order valence-electron chi connectivity index (χ4n) is 3.54. The van der Waals surface area contributed by atoms with E-state index in [0.29, 0.717) is 26.3 Å². The largest absolute Gasteiger partial charge is 0.461 e. The number of carbonyl (C=O) groups is 1. The summed E-state index contributed by atoms with van der Waals surface area (Å²) in [4.78, 5) is 14.4. The van der Waals surface area contributed by atoms with E-state index in [1.54, 1.807) is 0 Å². The molecule has 1 aliphatic rings. The molecule has 28 heavy (non-hydrogen) atoms. The number of nitrogens with zero attached hydrogens (tertiary/aromatic N) is 1. The van der Waals surface area contributed by atoms with Gasteiger partial charge in [0.05, 0.1) is 13.2 Å². The second-order valence-corrected chi connectivity index (χ2v) is 7.05. The molecule has 0 spiro atoms. The predicted octanol–water partition coefficient (Wildman–Crippen LogP) is 3.72. The Kier molecular flexibility index (Phi) is 5.74. The normalized spacial score (nSPS) is 14.5. The van der Waals surface area contributed by atoms with Crippen molar-refractivity contribution in [1.82, 2.24) is 10.2 Å². The molecule has 1 aliphatic heterocycles.